The standard InChI is InChI=1S/C13H21N3/c1-13(2,3)12(14)15-10-8-6-7-9-11(10)16(4)5/h6-9H,1-5H3,(H2,14,15). The van der Waals surface area contributed by atoms with Crippen molar-refractivity contribution in [3.63, 3.8) is 0 Å². The normalized spacial score (nSPS) is 12.7. The zero-order chi connectivity index (χ0) is 12.3. The van der Waals surface area contributed by atoms with Crippen molar-refractivity contribution in [3.8, 4) is 0 Å². The van der Waals surface area contributed by atoms with E-state index in [0.29, 0.717) is 5.84 Å². The van der Waals surface area contributed by atoms with E-state index in [4.69, 9.17) is 5.73 Å². The highest BCUT2D eigenvalue weighted by atomic mass is 15.1. The Morgan fingerprint density at radius 3 is 2.25 bits per heavy atom. The molecule has 1 aromatic carbocycles. The van der Waals surface area contributed by atoms with E-state index in [9.17, 15) is 0 Å². The molecule has 0 fully saturated rings. The third-order valence-electron chi connectivity index (χ3n) is 2.37. The Kier molecular flexibility index (Phi) is 3.58. The van der Waals surface area contributed by atoms with Crippen molar-refractivity contribution in [2.45, 2.75) is 20.8 Å². The van der Waals surface area contributed by atoms with E-state index < -0.39 is 0 Å². The Morgan fingerprint density at radius 2 is 1.75 bits per heavy atom. The van der Waals surface area contributed by atoms with Crippen LogP contribution in [0.4, 0.5) is 11.4 Å². The first-order valence-corrected chi connectivity index (χ1v) is 5.43. The summed E-state index contributed by atoms with van der Waals surface area (Å²) in [4.78, 5) is 6.54. The number of rotatable bonds is 2. The van der Waals surface area contributed by atoms with Crippen LogP contribution in [0.25, 0.3) is 0 Å². The SMILES string of the molecule is CN(C)c1ccccc1N=C(N)C(C)(C)C. The van der Waals surface area contributed by atoms with Crippen molar-refractivity contribution in [1.29, 1.82) is 0 Å². The third kappa shape index (κ3) is 2.99. The Labute approximate surface area is 98.0 Å². The largest absolute Gasteiger partial charge is 0.387 e. The van der Waals surface area contributed by atoms with Crippen molar-refractivity contribution in [2.75, 3.05) is 19.0 Å². The van der Waals surface area contributed by atoms with Gasteiger partial charge in [0.05, 0.1) is 11.4 Å². The molecule has 0 aliphatic heterocycles. The van der Waals surface area contributed by atoms with Gasteiger partial charge in [0.2, 0.25) is 0 Å². The minimum absolute atomic E-state index is 0.0978. The van der Waals surface area contributed by atoms with Gasteiger partial charge < -0.3 is 10.6 Å². The summed E-state index contributed by atoms with van der Waals surface area (Å²) in [6.07, 6.45) is 0. The molecule has 1 rings (SSSR count). The van der Waals surface area contributed by atoms with Gasteiger partial charge >= 0.3 is 0 Å². The zero-order valence-corrected chi connectivity index (χ0v) is 10.8. The maximum absolute atomic E-state index is 5.98. The van der Waals surface area contributed by atoms with E-state index in [2.05, 4.69) is 25.8 Å². The molecule has 0 amide bonds. The van der Waals surface area contributed by atoms with Crippen LogP contribution < -0.4 is 10.6 Å². The van der Waals surface area contributed by atoms with E-state index in [1.54, 1.807) is 0 Å². The lowest BCUT2D eigenvalue weighted by atomic mass is 9.95. The molecule has 0 aliphatic rings. The Bertz CT molecular complexity index is 386. The van der Waals surface area contributed by atoms with Crippen LogP contribution in [0.2, 0.25) is 0 Å². The molecule has 16 heavy (non-hydrogen) atoms. The third-order valence-corrected chi connectivity index (χ3v) is 2.37. The van der Waals surface area contributed by atoms with Gasteiger partial charge in [-0.2, -0.15) is 0 Å². The number of nitrogens with zero attached hydrogens (tertiary/aromatic N) is 2. The van der Waals surface area contributed by atoms with Gasteiger partial charge in [0.25, 0.3) is 0 Å². The lowest BCUT2D eigenvalue weighted by molar-refractivity contribution is 0.585. The monoisotopic (exact) mass is 219 g/mol. The second-order valence-electron chi connectivity index (χ2n) is 5.13. The number of nitrogens with two attached hydrogens (primary N) is 1. The number of amidine groups is 1. The molecule has 0 saturated heterocycles. The summed E-state index contributed by atoms with van der Waals surface area (Å²) < 4.78 is 0. The van der Waals surface area contributed by atoms with Crippen LogP contribution in [0.5, 0.6) is 0 Å². The average Bonchev–Trinajstić information content (AvgIpc) is 2.16. The maximum atomic E-state index is 5.98. The minimum Gasteiger partial charge on any atom is -0.387 e. The number of benzene rings is 1. The highest BCUT2D eigenvalue weighted by molar-refractivity contribution is 5.89. The van der Waals surface area contributed by atoms with Gasteiger partial charge in [-0.25, -0.2) is 4.99 Å². The van der Waals surface area contributed by atoms with Gasteiger partial charge in [-0.05, 0) is 12.1 Å². The molecule has 0 saturated carbocycles. The van der Waals surface area contributed by atoms with Crippen molar-refractivity contribution in [1.82, 2.24) is 0 Å². The fourth-order valence-electron chi connectivity index (χ4n) is 1.23. The second-order valence-corrected chi connectivity index (χ2v) is 5.13. The molecule has 0 aromatic heterocycles. The summed E-state index contributed by atoms with van der Waals surface area (Å²) in [6.45, 7) is 6.18. The summed E-state index contributed by atoms with van der Waals surface area (Å²) in [5, 5.41) is 0. The van der Waals surface area contributed by atoms with E-state index in [1.807, 2.05) is 43.3 Å². The molecule has 0 unspecified atom stereocenters. The molecule has 1 aromatic rings. The van der Waals surface area contributed by atoms with Crippen LogP contribution >= 0.6 is 0 Å². The first kappa shape index (κ1) is 12.6. The number of hydrogen-bond donors (Lipinski definition) is 1. The van der Waals surface area contributed by atoms with E-state index >= 15 is 0 Å². The Hall–Kier alpha value is -1.51. The summed E-state index contributed by atoms with van der Waals surface area (Å²) in [7, 11) is 4.00. The Morgan fingerprint density at radius 1 is 1.19 bits per heavy atom. The van der Waals surface area contributed by atoms with Gasteiger partial charge in [0.15, 0.2) is 0 Å². The fraction of sp³-hybridized carbons (Fsp3) is 0.462. The molecule has 88 valence electrons. The predicted octanol–water partition coefficient (Wildman–Crippen LogP) is 2.79. The van der Waals surface area contributed by atoms with Crippen molar-refractivity contribution in [2.24, 2.45) is 16.1 Å². The molecule has 0 heterocycles. The van der Waals surface area contributed by atoms with Crippen LogP contribution in [0.15, 0.2) is 29.3 Å². The van der Waals surface area contributed by atoms with Crippen molar-refractivity contribution >= 4 is 17.2 Å². The summed E-state index contributed by atoms with van der Waals surface area (Å²) in [6, 6.07) is 7.99. The topological polar surface area (TPSA) is 41.6 Å². The summed E-state index contributed by atoms with van der Waals surface area (Å²) in [5.74, 6) is 0.654. The van der Waals surface area contributed by atoms with Crippen LogP contribution in [-0.4, -0.2) is 19.9 Å². The maximum Gasteiger partial charge on any atom is 0.105 e. The van der Waals surface area contributed by atoms with E-state index in [-0.39, 0.29) is 5.41 Å². The number of anilines is 1. The van der Waals surface area contributed by atoms with Gasteiger partial charge in [-0.3, -0.25) is 0 Å². The highest BCUT2D eigenvalue weighted by Gasteiger charge is 2.16. The van der Waals surface area contributed by atoms with Gasteiger partial charge in [0, 0.05) is 19.5 Å². The van der Waals surface area contributed by atoms with E-state index in [1.165, 1.54) is 0 Å². The summed E-state index contributed by atoms with van der Waals surface area (Å²) in [5.41, 5.74) is 7.88. The number of hydrogen-bond acceptors (Lipinski definition) is 2. The van der Waals surface area contributed by atoms with Crippen LogP contribution in [0.1, 0.15) is 20.8 Å². The first-order chi connectivity index (χ1) is 7.32. The van der Waals surface area contributed by atoms with Gasteiger partial charge in [-0.1, -0.05) is 32.9 Å². The Balaban J connectivity index is 3.15. The van der Waals surface area contributed by atoms with Gasteiger partial charge in [-0.15, -0.1) is 0 Å². The lowest BCUT2D eigenvalue weighted by Crippen LogP contribution is -2.28. The molecule has 0 radical (unpaired) electrons. The van der Waals surface area contributed by atoms with Crippen LogP contribution in [0.3, 0.4) is 0 Å². The molecular weight excluding hydrogens is 198 g/mol. The molecule has 3 heteroatoms. The molecule has 0 atom stereocenters. The average molecular weight is 219 g/mol. The molecule has 2 N–H and O–H groups in total. The number of aliphatic imine (C=N–C) groups is 1. The van der Waals surface area contributed by atoms with Crippen molar-refractivity contribution in [3.05, 3.63) is 24.3 Å². The quantitative estimate of drug-likeness (QED) is 0.614. The van der Waals surface area contributed by atoms with Crippen LogP contribution in [-0.2, 0) is 0 Å². The van der Waals surface area contributed by atoms with Crippen molar-refractivity contribution < 1.29 is 0 Å². The fourth-order valence-corrected chi connectivity index (χ4v) is 1.23. The molecular formula is C13H21N3. The lowest BCUT2D eigenvalue weighted by Gasteiger charge is -2.19. The molecule has 0 spiro atoms. The first-order valence-electron chi connectivity index (χ1n) is 5.43. The summed E-state index contributed by atoms with van der Waals surface area (Å²) >= 11 is 0. The predicted molar refractivity (Wildman–Crippen MR) is 71.5 cm³/mol. The molecule has 0 aliphatic carbocycles. The number of para-hydroxylation sites is 2. The van der Waals surface area contributed by atoms with Crippen LogP contribution in [0, 0.1) is 5.41 Å². The second kappa shape index (κ2) is 4.56. The highest BCUT2D eigenvalue weighted by Crippen LogP contribution is 2.28. The zero-order valence-electron chi connectivity index (χ0n) is 10.8. The molecule has 3 nitrogen and oxygen atoms in total. The molecule has 0 bridgehead atoms. The van der Waals surface area contributed by atoms with E-state index in [0.717, 1.165) is 11.4 Å². The smallest absolute Gasteiger partial charge is 0.105 e. The van der Waals surface area contributed by atoms with Gasteiger partial charge in [0.1, 0.15) is 5.84 Å². The minimum atomic E-state index is -0.0978.